The first kappa shape index (κ1) is 13.5. The number of carbonyl (C=O) groups is 1. The van der Waals surface area contributed by atoms with E-state index in [0.29, 0.717) is 5.56 Å². The van der Waals surface area contributed by atoms with Crippen molar-refractivity contribution in [3.8, 4) is 0 Å². The Hall–Kier alpha value is -1.49. The third kappa shape index (κ3) is 2.82. The van der Waals surface area contributed by atoms with Gasteiger partial charge in [0.2, 0.25) is 5.91 Å². The van der Waals surface area contributed by atoms with E-state index in [-0.39, 0.29) is 5.54 Å². The fourth-order valence-electron chi connectivity index (χ4n) is 2.89. The van der Waals surface area contributed by atoms with Crippen LogP contribution in [0.2, 0.25) is 0 Å². The van der Waals surface area contributed by atoms with Crippen molar-refractivity contribution in [1.29, 1.82) is 0 Å². The summed E-state index contributed by atoms with van der Waals surface area (Å²) in [7, 11) is 0. The number of aliphatic imine (C=N–C) groups is 1. The van der Waals surface area contributed by atoms with Gasteiger partial charge in [0.1, 0.15) is 0 Å². The highest BCUT2D eigenvalue weighted by Crippen LogP contribution is 2.39. The third-order valence-electron chi connectivity index (χ3n) is 4.00. The molecule has 0 atom stereocenters. The summed E-state index contributed by atoms with van der Waals surface area (Å²) in [6.07, 6.45) is 6.31. The van der Waals surface area contributed by atoms with Crippen LogP contribution in [0.5, 0.6) is 0 Å². The van der Waals surface area contributed by atoms with Crippen molar-refractivity contribution in [3.63, 3.8) is 0 Å². The van der Waals surface area contributed by atoms with E-state index in [1.54, 1.807) is 23.9 Å². The normalized spacial score (nSPS) is 20.7. The maximum atomic E-state index is 11.2. The highest BCUT2D eigenvalue weighted by molar-refractivity contribution is 8.14. The molecule has 3 rings (SSSR count). The third-order valence-corrected chi connectivity index (χ3v) is 5.15. The van der Waals surface area contributed by atoms with Gasteiger partial charge in [-0.1, -0.05) is 37.1 Å². The van der Waals surface area contributed by atoms with Gasteiger partial charge in [0, 0.05) is 17.0 Å². The highest BCUT2D eigenvalue weighted by Gasteiger charge is 2.36. The van der Waals surface area contributed by atoms with Gasteiger partial charge in [0.15, 0.2) is 5.17 Å². The zero-order valence-corrected chi connectivity index (χ0v) is 12.2. The maximum absolute atomic E-state index is 11.2. The summed E-state index contributed by atoms with van der Waals surface area (Å²) < 4.78 is 0. The second-order valence-electron chi connectivity index (χ2n) is 5.56. The van der Waals surface area contributed by atoms with Crippen molar-refractivity contribution < 1.29 is 4.79 Å². The van der Waals surface area contributed by atoms with E-state index in [9.17, 15) is 4.79 Å². The van der Waals surface area contributed by atoms with Gasteiger partial charge in [-0.05, 0) is 31.0 Å². The van der Waals surface area contributed by atoms with Crippen LogP contribution in [0, 0.1) is 0 Å². The minimum atomic E-state index is -0.404. The molecule has 20 heavy (non-hydrogen) atoms. The molecule has 0 radical (unpaired) electrons. The Bertz CT molecular complexity index is 550. The predicted octanol–water partition coefficient (Wildman–Crippen LogP) is 3.00. The SMILES string of the molecule is NC(=O)c1cccc(NC2=NC3(CCCCC3)CS2)c1. The molecule has 1 aromatic rings. The molecule has 5 heteroatoms. The number of thioether (sulfide) groups is 1. The molecule has 1 aliphatic heterocycles. The van der Waals surface area contributed by atoms with E-state index >= 15 is 0 Å². The van der Waals surface area contributed by atoms with Crippen molar-refractivity contribution in [3.05, 3.63) is 29.8 Å². The molecule has 2 aliphatic rings. The lowest BCUT2D eigenvalue weighted by Gasteiger charge is -2.29. The van der Waals surface area contributed by atoms with Crippen molar-refractivity contribution in [2.75, 3.05) is 11.1 Å². The standard InChI is InChI=1S/C15H19N3OS/c16-13(19)11-5-4-6-12(9-11)17-14-18-15(10-20-14)7-2-1-3-8-15/h4-6,9H,1-3,7-8,10H2,(H2,16,19)(H,17,18). The van der Waals surface area contributed by atoms with E-state index in [1.807, 2.05) is 12.1 Å². The number of amidine groups is 1. The van der Waals surface area contributed by atoms with Crippen LogP contribution in [0.15, 0.2) is 29.3 Å². The Labute approximate surface area is 123 Å². The largest absolute Gasteiger partial charge is 0.366 e. The molecule has 0 saturated heterocycles. The first-order valence-corrected chi connectivity index (χ1v) is 8.05. The fourth-order valence-corrected chi connectivity index (χ4v) is 4.09. The molecule has 1 heterocycles. The van der Waals surface area contributed by atoms with Gasteiger partial charge in [-0.25, -0.2) is 0 Å². The van der Waals surface area contributed by atoms with E-state index < -0.39 is 5.91 Å². The second kappa shape index (κ2) is 5.48. The van der Waals surface area contributed by atoms with Crippen LogP contribution >= 0.6 is 11.8 Å². The Morgan fingerprint density at radius 3 is 2.85 bits per heavy atom. The summed E-state index contributed by atoms with van der Waals surface area (Å²) in [5.41, 5.74) is 6.85. The quantitative estimate of drug-likeness (QED) is 0.879. The van der Waals surface area contributed by atoms with Crippen LogP contribution in [-0.2, 0) is 0 Å². The molecule has 1 saturated carbocycles. The van der Waals surface area contributed by atoms with Crippen LogP contribution in [0.1, 0.15) is 42.5 Å². The lowest BCUT2D eigenvalue weighted by Crippen LogP contribution is -2.29. The van der Waals surface area contributed by atoms with Gasteiger partial charge >= 0.3 is 0 Å². The number of hydrogen-bond acceptors (Lipinski definition) is 4. The lowest BCUT2D eigenvalue weighted by molar-refractivity contribution is 0.100. The van der Waals surface area contributed by atoms with Gasteiger partial charge in [-0.15, -0.1) is 0 Å². The monoisotopic (exact) mass is 289 g/mol. The van der Waals surface area contributed by atoms with Gasteiger partial charge in [0.25, 0.3) is 0 Å². The summed E-state index contributed by atoms with van der Waals surface area (Å²) in [6, 6.07) is 7.26. The number of amides is 1. The Morgan fingerprint density at radius 1 is 1.30 bits per heavy atom. The van der Waals surface area contributed by atoms with Crippen molar-refractivity contribution >= 4 is 28.5 Å². The summed E-state index contributed by atoms with van der Waals surface area (Å²) in [5.74, 6) is 0.670. The first-order valence-electron chi connectivity index (χ1n) is 7.06. The van der Waals surface area contributed by atoms with Crippen LogP contribution < -0.4 is 11.1 Å². The van der Waals surface area contributed by atoms with Crippen LogP contribution in [0.25, 0.3) is 0 Å². The van der Waals surface area contributed by atoms with E-state index in [1.165, 1.54) is 32.1 Å². The first-order chi connectivity index (χ1) is 9.67. The number of nitrogens with one attached hydrogen (secondary N) is 1. The molecule has 1 spiro atoms. The van der Waals surface area contributed by atoms with E-state index in [2.05, 4.69) is 5.32 Å². The lowest BCUT2D eigenvalue weighted by atomic mass is 9.84. The average molecular weight is 289 g/mol. The minimum Gasteiger partial charge on any atom is -0.366 e. The highest BCUT2D eigenvalue weighted by atomic mass is 32.2. The molecular formula is C15H19N3OS. The molecule has 106 valence electrons. The molecule has 1 fully saturated rings. The fraction of sp³-hybridized carbons (Fsp3) is 0.467. The summed E-state index contributed by atoms with van der Waals surface area (Å²) >= 11 is 1.78. The predicted molar refractivity (Wildman–Crippen MR) is 84.3 cm³/mol. The topological polar surface area (TPSA) is 67.5 Å². The van der Waals surface area contributed by atoms with E-state index in [0.717, 1.165) is 16.6 Å². The Balaban J connectivity index is 1.73. The molecule has 0 aromatic heterocycles. The number of carbonyl (C=O) groups excluding carboxylic acids is 1. The molecular weight excluding hydrogens is 270 g/mol. The van der Waals surface area contributed by atoms with Gasteiger partial charge < -0.3 is 11.1 Å². The summed E-state index contributed by atoms with van der Waals surface area (Å²) in [4.78, 5) is 16.1. The molecule has 0 bridgehead atoms. The smallest absolute Gasteiger partial charge is 0.248 e. The van der Waals surface area contributed by atoms with E-state index in [4.69, 9.17) is 10.7 Å². The maximum Gasteiger partial charge on any atom is 0.248 e. The summed E-state index contributed by atoms with van der Waals surface area (Å²) in [5, 5.41) is 4.28. The van der Waals surface area contributed by atoms with Gasteiger partial charge in [-0.3, -0.25) is 9.79 Å². The number of nitrogens with zero attached hydrogens (tertiary/aromatic N) is 1. The minimum absolute atomic E-state index is 0.159. The molecule has 0 unspecified atom stereocenters. The Morgan fingerprint density at radius 2 is 2.10 bits per heavy atom. The van der Waals surface area contributed by atoms with Crippen molar-refractivity contribution in [2.45, 2.75) is 37.6 Å². The number of anilines is 1. The molecule has 1 aromatic carbocycles. The average Bonchev–Trinajstić information content (AvgIpc) is 2.82. The molecule has 3 N–H and O–H groups in total. The number of benzene rings is 1. The van der Waals surface area contributed by atoms with Crippen molar-refractivity contribution in [1.82, 2.24) is 0 Å². The van der Waals surface area contributed by atoms with Gasteiger partial charge in [-0.2, -0.15) is 0 Å². The number of nitrogens with two attached hydrogens (primary N) is 1. The molecule has 1 aliphatic carbocycles. The zero-order valence-electron chi connectivity index (χ0n) is 11.4. The van der Waals surface area contributed by atoms with Gasteiger partial charge in [0.05, 0.1) is 5.54 Å². The second-order valence-corrected chi connectivity index (χ2v) is 6.52. The Kier molecular flexibility index (Phi) is 3.70. The molecule has 1 amide bonds. The molecule has 4 nitrogen and oxygen atoms in total. The van der Waals surface area contributed by atoms with Crippen molar-refractivity contribution in [2.24, 2.45) is 10.7 Å². The summed E-state index contributed by atoms with van der Waals surface area (Å²) in [6.45, 7) is 0. The zero-order chi connectivity index (χ0) is 14.0. The number of primary amides is 1. The van der Waals surface area contributed by atoms with Crippen LogP contribution in [-0.4, -0.2) is 22.4 Å². The number of rotatable bonds is 2. The number of hydrogen-bond donors (Lipinski definition) is 2. The van der Waals surface area contributed by atoms with Crippen LogP contribution in [0.3, 0.4) is 0 Å². The van der Waals surface area contributed by atoms with Crippen LogP contribution in [0.4, 0.5) is 5.69 Å².